The number of nitrogen functional groups attached to an aromatic ring is 1. The highest BCUT2D eigenvalue weighted by Crippen LogP contribution is 2.22. The van der Waals surface area contributed by atoms with Gasteiger partial charge in [0, 0.05) is 38.0 Å². The molecule has 0 aliphatic rings. The zero-order valence-electron chi connectivity index (χ0n) is 10.7. The second kappa shape index (κ2) is 5.19. The number of nitrogens with two attached hydrogens (primary N) is 2. The van der Waals surface area contributed by atoms with Crippen LogP contribution in [-0.4, -0.2) is 19.3 Å². The molecular formula is C11H19N7. The maximum Gasteiger partial charge on any atom is 0.126 e. The maximum atomic E-state index is 5.96. The number of anilines is 1. The zero-order valence-corrected chi connectivity index (χ0v) is 10.7. The Hall–Kier alpha value is -1.86. The van der Waals surface area contributed by atoms with Crippen molar-refractivity contribution in [2.75, 3.05) is 5.73 Å². The molecule has 0 fully saturated rings. The van der Waals surface area contributed by atoms with Crippen molar-refractivity contribution >= 4 is 5.82 Å². The largest absolute Gasteiger partial charge is 0.384 e. The van der Waals surface area contributed by atoms with Crippen LogP contribution in [0.2, 0.25) is 0 Å². The van der Waals surface area contributed by atoms with Crippen LogP contribution in [0.5, 0.6) is 0 Å². The summed E-state index contributed by atoms with van der Waals surface area (Å²) in [7, 11) is 1.80. The summed E-state index contributed by atoms with van der Waals surface area (Å²) in [5, 5.41) is 4.13. The Morgan fingerprint density at radius 2 is 2.28 bits per heavy atom. The number of nitrogens with one attached hydrogen (secondary N) is 1. The Morgan fingerprint density at radius 3 is 2.83 bits per heavy atom. The van der Waals surface area contributed by atoms with E-state index < -0.39 is 0 Å². The first-order chi connectivity index (χ1) is 8.67. The molecule has 2 aromatic rings. The fraction of sp³-hybridized carbons (Fsp3) is 0.455. The van der Waals surface area contributed by atoms with Crippen LogP contribution >= 0.6 is 0 Å². The van der Waals surface area contributed by atoms with Gasteiger partial charge in [0.15, 0.2) is 0 Å². The minimum Gasteiger partial charge on any atom is -0.384 e. The summed E-state index contributed by atoms with van der Waals surface area (Å²) >= 11 is 0. The summed E-state index contributed by atoms with van der Waals surface area (Å²) < 4.78 is 3.71. The Labute approximate surface area is 106 Å². The predicted molar refractivity (Wildman–Crippen MR) is 69.3 cm³/mol. The van der Waals surface area contributed by atoms with Crippen molar-refractivity contribution in [3.8, 4) is 0 Å². The summed E-state index contributed by atoms with van der Waals surface area (Å²) in [5.41, 5.74) is 9.63. The van der Waals surface area contributed by atoms with Crippen molar-refractivity contribution in [3.63, 3.8) is 0 Å². The third-order valence-electron chi connectivity index (χ3n) is 3.12. The number of nitrogens with zero attached hydrogens (tertiary/aromatic N) is 4. The number of aryl methyl sites for hydroxylation is 2. The van der Waals surface area contributed by atoms with Gasteiger partial charge >= 0.3 is 0 Å². The lowest BCUT2D eigenvalue weighted by Crippen LogP contribution is -2.30. The summed E-state index contributed by atoms with van der Waals surface area (Å²) in [6, 6.07) is -0.0913. The molecule has 2 heterocycles. The fourth-order valence-electron chi connectivity index (χ4n) is 1.99. The SMILES string of the molecule is CCn1ccnc1CC(NN)c1cnn(C)c1N. The quantitative estimate of drug-likeness (QED) is 0.510. The molecule has 0 aromatic carbocycles. The van der Waals surface area contributed by atoms with Crippen LogP contribution < -0.4 is 17.0 Å². The van der Waals surface area contributed by atoms with E-state index in [9.17, 15) is 0 Å². The molecule has 0 saturated heterocycles. The van der Waals surface area contributed by atoms with E-state index in [1.807, 2.05) is 6.20 Å². The molecule has 2 rings (SSSR count). The molecule has 0 radical (unpaired) electrons. The molecular weight excluding hydrogens is 230 g/mol. The van der Waals surface area contributed by atoms with Crippen molar-refractivity contribution in [3.05, 3.63) is 30.0 Å². The van der Waals surface area contributed by atoms with Crippen molar-refractivity contribution in [2.24, 2.45) is 12.9 Å². The van der Waals surface area contributed by atoms with Gasteiger partial charge in [0.1, 0.15) is 11.6 Å². The van der Waals surface area contributed by atoms with E-state index in [0.29, 0.717) is 12.2 Å². The predicted octanol–water partition coefficient (Wildman–Crippen LogP) is -0.0342. The molecule has 7 heteroatoms. The lowest BCUT2D eigenvalue weighted by atomic mass is 10.1. The third kappa shape index (κ3) is 2.22. The molecule has 0 spiro atoms. The standard InChI is InChI=1S/C11H19N7/c1-3-18-5-4-14-10(18)6-9(16-13)8-7-15-17(2)11(8)12/h4-5,7,9,16H,3,6,12-13H2,1-2H3. The molecule has 0 aliphatic carbocycles. The number of rotatable bonds is 5. The van der Waals surface area contributed by atoms with E-state index in [1.54, 1.807) is 24.1 Å². The zero-order chi connectivity index (χ0) is 13.1. The van der Waals surface area contributed by atoms with Gasteiger partial charge < -0.3 is 10.3 Å². The van der Waals surface area contributed by atoms with Gasteiger partial charge in [-0.25, -0.2) is 4.98 Å². The minimum absolute atomic E-state index is 0.0913. The van der Waals surface area contributed by atoms with Gasteiger partial charge in [-0.05, 0) is 6.92 Å². The number of hydrogen-bond acceptors (Lipinski definition) is 5. The van der Waals surface area contributed by atoms with Crippen LogP contribution in [0.25, 0.3) is 0 Å². The van der Waals surface area contributed by atoms with Crippen LogP contribution in [0.15, 0.2) is 18.6 Å². The molecule has 18 heavy (non-hydrogen) atoms. The van der Waals surface area contributed by atoms with E-state index in [4.69, 9.17) is 11.6 Å². The molecule has 0 amide bonds. The van der Waals surface area contributed by atoms with Crippen LogP contribution in [-0.2, 0) is 20.0 Å². The molecule has 0 bridgehead atoms. The van der Waals surface area contributed by atoms with Gasteiger partial charge in [-0.15, -0.1) is 0 Å². The first-order valence-corrected chi connectivity index (χ1v) is 5.90. The molecule has 5 N–H and O–H groups in total. The van der Waals surface area contributed by atoms with Gasteiger partial charge in [-0.1, -0.05) is 0 Å². The number of imidazole rings is 1. The van der Waals surface area contributed by atoms with Crippen molar-refractivity contribution in [1.29, 1.82) is 0 Å². The molecule has 2 aromatic heterocycles. The lowest BCUT2D eigenvalue weighted by Gasteiger charge is -2.15. The maximum absolute atomic E-state index is 5.96. The van der Waals surface area contributed by atoms with Crippen molar-refractivity contribution in [1.82, 2.24) is 24.8 Å². The molecule has 1 atom stereocenters. The number of aromatic nitrogens is 4. The molecule has 1 unspecified atom stereocenters. The second-order valence-corrected chi connectivity index (χ2v) is 4.16. The Morgan fingerprint density at radius 1 is 1.50 bits per heavy atom. The second-order valence-electron chi connectivity index (χ2n) is 4.16. The Bertz CT molecular complexity index is 513. The molecule has 0 aliphatic heterocycles. The lowest BCUT2D eigenvalue weighted by molar-refractivity contribution is 0.524. The van der Waals surface area contributed by atoms with Crippen molar-refractivity contribution in [2.45, 2.75) is 25.9 Å². The highest BCUT2D eigenvalue weighted by atomic mass is 15.3. The fourth-order valence-corrected chi connectivity index (χ4v) is 1.99. The monoisotopic (exact) mass is 249 g/mol. The summed E-state index contributed by atoms with van der Waals surface area (Å²) in [6.45, 7) is 2.96. The first-order valence-electron chi connectivity index (χ1n) is 5.90. The number of hydrogen-bond donors (Lipinski definition) is 3. The van der Waals surface area contributed by atoms with Crippen molar-refractivity contribution < 1.29 is 0 Å². The Kier molecular flexibility index (Phi) is 3.63. The van der Waals surface area contributed by atoms with Crippen LogP contribution in [0.3, 0.4) is 0 Å². The van der Waals surface area contributed by atoms with E-state index in [-0.39, 0.29) is 6.04 Å². The normalized spacial score (nSPS) is 12.8. The topological polar surface area (TPSA) is 99.7 Å². The van der Waals surface area contributed by atoms with Crippen LogP contribution in [0.1, 0.15) is 24.4 Å². The smallest absolute Gasteiger partial charge is 0.126 e. The first kappa shape index (κ1) is 12.6. The van der Waals surface area contributed by atoms with E-state index in [1.165, 1.54) is 0 Å². The number of hydrazine groups is 1. The van der Waals surface area contributed by atoms with Crippen LogP contribution in [0.4, 0.5) is 5.82 Å². The van der Waals surface area contributed by atoms with E-state index in [2.05, 4.69) is 27.0 Å². The van der Waals surface area contributed by atoms with E-state index in [0.717, 1.165) is 17.9 Å². The average Bonchev–Trinajstić information content (AvgIpc) is 2.95. The van der Waals surface area contributed by atoms with E-state index >= 15 is 0 Å². The average molecular weight is 249 g/mol. The molecule has 7 nitrogen and oxygen atoms in total. The summed E-state index contributed by atoms with van der Waals surface area (Å²) in [5.74, 6) is 7.21. The van der Waals surface area contributed by atoms with Gasteiger partial charge in [-0.3, -0.25) is 16.0 Å². The summed E-state index contributed by atoms with van der Waals surface area (Å²) in [4.78, 5) is 4.34. The van der Waals surface area contributed by atoms with Gasteiger partial charge in [-0.2, -0.15) is 5.10 Å². The summed E-state index contributed by atoms with van der Waals surface area (Å²) in [6.07, 6.45) is 6.15. The van der Waals surface area contributed by atoms with Gasteiger partial charge in [0.2, 0.25) is 0 Å². The highest BCUT2D eigenvalue weighted by molar-refractivity contribution is 5.41. The van der Waals surface area contributed by atoms with Gasteiger partial charge in [0.25, 0.3) is 0 Å². The van der Waals surface area contributed by atoms with Crippen LogP contribution in [0, 0.1) is 0 Å². The molecule has 98 valence electrons. The van der Waals surface area contributed by atoms with Gasteiger partial charge in [0.05, 0.1) is 12.2 Å². The third-order valence-corrected chi connectivity index (χ3v) is 3.12. The highest BCUT2D eigenvalue weighted by Gasteiger charge is 2.18. The minimum atomic E-state index is -0.0913. The molecule has 0 saturated carbocycles. The Balaban J connectivity index is 2.22.